The normalized spacial score (nSPS) is 13.1. The molecule has 8 heteroatoms. The molecule has 11 heavy (non-hydrogen) atoms. The molecule has 0 aliphatic carbocycles. The average molecular weight is 234 g/mol. The van der Waals surface area contributed by atoms with Gasteiger partial charge in [0.2, 0.25) is 0 Å². The zero-order chi connectivity index (χ0) is 8.58. The second kappa shape index (κ2) is 3.69. The minimum absolute atomic E-state index is 0. The molecule has 0 aliphatic rings. The summed E-state index contributed by atoms with van der Waals surface area (Å²) in [6.07, 6.45) is -15.8. The van der Waals surface area contributed by atoms with Gasteiger partial charge in [-0.2, -0.15) is 0 Å². The number of halogens is 7. The van der Waals surface area contributed by atoms with Crippen molar-refractivity contribution in [3.8, 4) is 0 Å². The van der Waals surface area contributed by atoms with Gasteiger partial charge in [-0.1, -0.05) is 0 Å². The van der Waals surface area contributed by atoms with Crippen LogP contribution in [0.15, 0.2) is 0 Å². The predicted molar refractivity (Wildman–Crippen MR) is 16.5 cm³/mol. The summed E-state index contributed by atoms with van der Waals surface area (Å²) in [4.78, 5) is 0. The molecule has 64 valence electrons. The van der Waals surface area contributed by atoms with E-state index in [0.717, 1.165) is 0 Å². The molecule has 0 saturated heterocycles. The van der Waals surface area contributed by atoms with Crippen LogP contribution in [0.25, 0.3) is 0 Å². The second-order valence-electron chi connectivity index (χ2n) is 1.31. The van der Waals surface area contributed by atoms with Gasteiger partial charge >= 0.3 is 12.4 Å². The van der Waals surface area contributed by atoms with Crippen LogP contribution in [-0.2, 0) is 19.5 Å². The van der Waals surface area contributed by atoms with Gasteiger partial charge in [0.1, 0.15) is 0 Å². The van der Waals surface area contributed by atoms with Gasteiger partial charge in [0.05, 0.1) is 0 Å². The van der Waals surface area contributed by atoms with Crippen LogP contribution in [0.3, 0.4) is 0 Å². The molecule has 0 N–H and O–H groups in total. The molecule has 0 amide bonds. The molecular weight excluding hydrogens is 234 g/mol. The van der Waals surface area contributed by atoms with Gasteiger partial charge in [-0.05, 0) is 0 Å². The maximum absolute atomic E-state index is 11.1. The Morgan fingerprint density at radius 2 is 0.909 bits per heavy atom. The van der Waals surface area contributed by atoms with Crippen molar-refractivity contribution in [2.75, 3.05) is 0 Å². The van der Waals surface area contributed by atoms with Crippen molar-refractivity contribution in [3.05, 3.63) is 6.17 Å². The molecule has 0 saturated carbocycles. The van der Waals surface area contributed by atoms with E-state index in [9.17, 15) is 30.7 Å². The molecule has 0 aromatic heterocycles. The molecule has 0 atom stereocenters. The number of alkyl halides is 6. The van der Waals surface area contributed by atoms with Crippen molar-refractivity contribution < 1.29 is 50.2 Å². The SMILES string of the molecule is F[C-](C(F)(F)F)C(F)(F)F.[Zn]. The summed E-state index contributed by atoms with van der Waals surface area (Å²) < 4.78 is 76.0. The van der Waals surface area contributed by atoms with Crippen LogP contribution < -0.4 is 0 Å². The third-order valence-electron chi connectivity index (χ3n) is 0.498. The van der Waals surface area contributed by atoms with Crippen molar-refractivity contribution in [3.63, 3.8) is 0 Å². The van der Waals surface area contributed by atoms with E-state index >= 15 is 0 Å². The maximum Gasteiger partial charge on any atom is 0.307 e. The first-order valence-electron chi connectivity index (χ1n) is 1.82. The van der Waals surface area contributed by atoms with Crippen molar-refractivity contribution in [1.29, 1.82) is 0 Å². The molecule has 0 aromatic carbocycles. The second-order valence-corrected chi connectivity index (χ2v) is 1.31. The molecule has 0 aromatic rings. The third-order valence-corrected chi connectivity index (χ3v) is 0.498. The Bertz CT molecular complexity index is 97.8. The first kappa shape index (κ1) is 13.7. The zero-order valence-electron chi connectivity index (χ0n) is 4.85. The molecule has 0 unspecified atom stereocenters. The largest absolute Gasteiger partial charge is 0.438 e. The van der Waals surface area contributed by atoms with Crippen molar-refractivity contribution in [1.82, 2.24) is 0 Å². The van der Waals surface area contributed by atoms with E-state index in [1.54, 1.807) is 0 Å². The van der Waals surface area contributed by atoms with Gasteiger partial charge < -0.3 is 4.39 Å². The van der Waals surface area contributed by atoms with Crippen LogP contribution in [0.1, 0.15) is 0 Å². The first-order chi connectivity index (χ1) is 4.15. The minimum Gasteiger partial charge on any atom is -0.438 e. The molecule has 0 bridgehead atoms. The van der Waals surface area contributed by atoms with Crippen LogP contribution in [0, 0.1) is 6.17 Å². The Morgan fingerprint density at radius 3 is 0.909 bits per heavy atom. The molecule has 0 nitrogen and oxygen atoms in total. The van der Waals surface area contributed by atoms with E-state index in [2.05, 4.69) is 0 Å². The molecule has 0 aliphatic heterocycles. The summed E-state index contributed by atoms with van der Waals surface area (Å²) in [5.41, 5.74) is 0. The molecule has 0 heterocycles. The summed E-state index contributed by atoms with van der Waals surface area (Å²) in [5.74, 6) is 0. The number of hydrogen-bond donors (Lipinski definition) is 0. The standard InChI is InChI=1S/C3F7.Zn/c4-1(2(5,6)7)3(8,9)10;/q-1;. The maximum atomic E-state index is 11.1. The number of rotatable bonds is 0. The summed E-state index contributed by atoms with van der Waals surface area (Å²) in [5, 5.41) is 0. The van der Waals surface area contributed by atoms with Crippen LogP contribution in [-0.4, -0.2) is 12.4 Å². The Kier molecular flexibility index (Phi) is 4.60. The monoisotopic (exact) mass is 233 g/mol. The summed E-state index contributed by atoms with van der Waals surface area (Å²) in [7, 11) is 0. The predicted octanol–water partition coefficient (Wildman–Crippen LogP) is 2.61. The van der Waals surface area contributed by atoms with E-state index in [1.807, 2.05) is 0 Å². The van der Waals surface area contributed by atoms with Crippen molar-refractivity contribution in [2.24, 2.45) is 0 Å². The summed E-state index contributed by atoms with van der Waals surface area (Å²) in [6, 6.07) is 0. The van der Waals surface area contributed by atoms with E-state index in [-0.39, 0.29) is 19.5 Å². The van der Waals surface area contributed by atoms with Gasteiger partial charge in [-0.25, -0.2) is 26.3 Å². The minimum atomic E-state index is -5.93. The number of hydrogen-bond acceptors (Lipinski definition) is 0. The average Bonchev–Trinajstić information content (AvgIpc) is 1.59. The fourth-order valence-electron chi connectivity index (χ4n) is 0.161. The van der Waals surface area contributed by atoms with Crippen LogP contribution in [0.2, 0.25) is 0 Å². The third kappa shape index (κ3) is 4.55. The van der Waals surface area contributed by atoms with Gasteiger partial charge in [0.25, 0.3) is 0 Å². The fraction of sp³-hybridized carbons (Fsp3) is 0.667. The quantitative estimate of drug-likeness (QED) is 0.343. The molecular formula is C3F7Zn-. The van der Waals surface area contributed by atoms with Gasteiger partial charge in [0.15, 0.2) is 0 Å². The van der Waals surface area contributed by atoms with Crippen LogP contribution >= 0.6 is 0 Å². The van der Waals surface area contributed by atoms with E-state index in [4.69, 9.17) is 0 Å². The molecule has 0 radical (unpaired) electrons. The Labute approximate surface area is 69.5 Å². The van der Waals surface area contributed by atoms with Crippen LogP contribution in [0.4, 0.5) is 30.7 Å². The Hall–Kier alpha value is 0.133. The topological polar surface area (TPSA) is 0 Å². The molecule has 0 rings (SSSR count). The van der Waals surface area contributed by atoms with Crippen molar-refractivity contribution in [2.45, 2.75) is 12.4 Å². The van der Waals surface area contributed by atoms with E-state index in [1.165, 1.54) is 0 Å². The molecule has 0 fully saturated rings. The van der Waals surface area contributed by atoms with Gasteiger partial charge in [-0.15, -0.1) is 0 Å². The van der Waals surface area contributed by atoms with Gasteiger partial charge in [-0.3, -0.25) is 0 Å². The van der Waals surface area contributed by atoms with E-state index in [0.29, 0.717) is 0 Å². The Morgan fingerprint density at radius 1 is 0.727 bits per heavy atom. The summed E-state index contributed by atoms with van der Waals surface area (Å²) in [6.45, 7) is 0. The molecule has 0 spiro atoms. The first-order valence-corrected chi connectivity index (χ1v) is 1.82. The van der Waals surface area contributed by atoms with E-state index < -0.39 is 18.5 Å². The smallest absolute Gasteiger partial charge is 0.307 e. The Balaban J connectivity index is 0. The van der Waals surface area contributed by atoms with Gasteiger partial charge in [0, 0.05) is 25.6 Å². The van der Waals surface area contributed by atoms with Crippen molar-refractivity contribution >= 4 is 0 Å². The zero-order valence-corrected chi connectivity index (χ0v) is 7.82. The fourth-order valence-corrected chi connectivity index (χ4v) is 0.161. The summed E-state index contributed by atoms with van der Waals surface area (Å²) >= 11 is 0. The van der Waals surface area contributed by atoms with Crippen LogP contribution in [0.5, 0.6) is 0 Å².